The largest absolute Gasteiger partial charge is 0.489 e. The molecule has 0 fully saturated rings. The lowest BCUT2D eigenvalue weighted by Crippen LogP contribution is -2.13. The summed E-state index contributed by atoms with van der Waals surface area (Å²) in [5.74, 6) is 0.169. The highest BCUT2D eigenvalue weighted by atomic mass is 35.5. The fourth-order valence-corrected chi connectivity index (χ4v) is 2.90. The molecule has 0 spiro atoms. The zero-order chi connectivity index (χ0) is 21.5. The van der Waals surface area contributed by atoms with Gasteiger partial charge in [0.05, 0.1) is 10.0 Å². The van der Waals surface area contributed by atoms with Crippen molar-refractivity contribution < 1.29 is 9.53 Å². The van der Waals surface area contributed by atoms with Crippen LogP contribution in [0.15, 0.2) is 72.3 Å². The molecule has 0 aromatic heterocycles. The van der Waals surface area contributed by atoms with E-state index in [2.05, 4.69) is 5.32 Å². The first-order valence-corrected chi connectivity index (χ1v) is 9.87. The molecule has 0 heterocycles. The van der Waals surface area contributed by atoms with Gasteiger partial charge in [-0.25, -0.2) is 0 Å². The molecule has 0 radical (unpaired) electrons. The smallest absolute Gasteiger partial charge is 0.266 e. The maximum absolute atomic E-state index is 12.4. The number of carbonyl (C=O) groups excluding carboxylic acids is 1. The normalized spacial score (nSPS) is 10.9. The van der Waals surface area contributed by atoms with Crippen molar-refractivity contribution in [1.82, 2.24) is 0 Å². The molecule has 0 bridgehead atoms. The molecular formula is C24H18Cl2N2O2. The summed E-state index contributed by atoms with van der Waals surface area (Å²) in [5, 5.41) is 12.7. The number of anilines is 1. The van der Waals surface area contributed by atoms with E-state index in [9.17, 15) is 10.1 Å². The van der Waals surface area contributed by atoms with Gasteiger partial charge >= 0.3 is 0 Å². The number of ether oxygens (including phenoxy) is 1. The fraction of sp³-hybridized carbons (Fsp3) is 0.0833. The zero-order valence-corrected chi connectivity index (χ0v) is 17.7. The number of nitrogens with zero attached hydrogens (tertiary/aromatic N) is 1. The van der Waals surface area contributed by atoms with Gasteiger partial charge < -0.3 is 10.1 Å². The maximum atomic E-state index is 12.4. The second-order valence-corrected chi connectivity index (χ2v) is 7.41. The third-order valence-corrected chi connectivity index (χ3v) is 5.00. The predicted molar refractivity (Wildman–Crippen MR) is 121 cm³/mol. The number of carbonyl (C=O) groups is 1. The Balaban J connectivity index is 1.64. The highest BCUT2D eigenvalue weighted by molar-refractivity contribution is 6.42. The summed E-state index contributed by atoms with van der Waals surface area (Å²) in [6, 6.07) is 21.9. The molecule has 0 atom stereocenters. The SMILES string of the molecule is Cc1ccc(COc2ccc(/C=C(\C#N)C(=O)Nc3ccc(Cl)c(Cl)c3)cc2)cc1. The third kappa shape index (κ3) is 5.87. The van der Waals surface area contributed by atoms with Crippen LogP contribution in [0.2, 0.25) is 10.0 Å². The summed E-state index contributed by atoms with van der Waals surface area (Å²) in [4.78, 5) is 12.4. The van der Waals surface area contributed by atoms with Crippen molar-refractivity contribution in [2.75, 3.05) is 5.32 Å². The third-order valence-electron chi connectivity index (χ3n) is 4.26. The Morgan fingerprint density at radius 2 is 1.73 bits per heavy atom. The zero-order valence-electron chi connectivity index (χ0n) is 16.2. The number of nitrogens with one attached hydrogen (secondary N) is 1. The molecule has 150 valence electrons. The summed E-state index contributed by atoms with van der Waals surface area (Å²) in [6.45, 7) is 2.50. The number of hydrogen-bond donors (Lipinski definition) is 1. The molecule has 30 heavy (non-hydrogen) atoms. The van der Waals surface area contributed by atoms with Crippen molar-refractivity contribution in [2.45, 2.75) is 13.5 Å². The highest BCUT2D eigenvalue weighted by Gasteiger charge is 2.10. The number of aryl methyl sites for hydroxylation is 1. The minimum absolute atomic E-state index is 0.0330. The topological polar surface area (TPSA) is 62.1 Å². The molecule has 0 aliphatic heterocycles. The van der Waals surface area contributed by atoms with Gasteiger partial charge in [0, 0.05) is 5.69 Å². The lowest BCUT2D eigenvalue weighted by atomic mass is 10.1. The van der Waals surface area contributed by atoms with E-state index < -0.39 is 5.91 Å². The number of amides is 1. The van der Waals surface area contributed by atoms with Gasteiger partial charge in [-0.15, -0.1) is 0 Å². The lowest BCUT2D eigenvalue weighted by Gasteiger charge is -2.07. The van der Waals surface area contributed by atoms with E-state index in [1.807, 2.05) is 37.3 Å². The molecule has 0 saturated heterocycles. The van der Waals surface area contributed by atoms with E-state index in [0.29, 0.717) is 33.7 Å². The molecule has 3 aromatic rings. The Kier molecular flexibility index (Phi) is 7.13. The molecule has 0 saturated carbocycles. The quantitative estimate of drug-likeness (QED) is 0.357. The van der Waals surface area contributed by atoms with Crippen molar-refractivity contribution in [3.63, 3.8) is 0 Å². The molecule has 0 aliphatic carbocycles. The summed E-state index contributed by atoms with van der Waals surface area (Å²) >= 11 is 11.8. The van der Waals surface area contributed by atoms with Crippen molar-refractivity contribution in [1.29, 1.82) is 5.26 Å². The van der Waals surface area contributed by atoms with Crippen molar-refractivity contribution in [2.24, 2.45) is 0 Å². The Morgan fingerprint density at radius 3 is 2.37 bits per heavy atom. The molecule has 1 N–H and O–H groups in total. The van der Waals surface area contributed by atoms with Gasteiger partial charge in [0.15, 0.2) is 0 Å². The highest BCUT2D eigenvalue weighted by Crippen LogP contribution is 2.25. The van der Waals surface area contributed by atoms with Gasteiger partial charge in [-0.2, -0.15) is 5.26 Å². The Morgan fingerprint density at radius 1 is 1.03 bits per heavy atom. The Bertz CT molecular complexity index is 1120. The van der Waals surface area contributed by atoms with Crippen LogP contribution in [-0.2, 0) is 11.4 Å². The average molecular weight is 437 g/mol. The lowest BCUT2D eigenvalue weighted by molar-refractivity contribution is -0.112. The first-order chi connectivity index (χ1) is 14.4. The van der Waals surface area contributed by atoms with E-state index >= 15 is 0 Å². The van der Waals surface area contributed by atoms with E-state index in [-0.39, 0.29) is 5.57 Å². The minimum atomic E-state index is -0.532. The summed E-state index contributed by atoms with van der Waals surface area (Å²) in [6.07, 6.45) is 1.51. The van der Waals surface area contributed by atoms with Gasteiger partial charge in [-0.05, 0) is 54.5 Å². The van der Waals surface area contributed by atoms with Crippen LogP contribution in [0.25, 0.3) is 6.08 Å². The van der Waals surface area contributed by atoms with Crippen LogP contribution >= 0.6 is 23.2 Å². The Hall–Kier alpha value is -3.26. The van der Waals surface area contributed by atoms with Crippen molar-refractivity contribution in [3.05, 3.63) is 99.0 Å². The first-order valence-electron chi connectivity index (χ1n) is 9.11. The number of benzene rings is 3. The average Bonchev–Trinajstić information content (AvgIpc) is 2.75. The Labute approximate surface area is 185 Å². The predicted octanol–water partition coefficient (Wildman–Crippen LogP) is 6.43. The van der Waals surface area contributed by atoms with Gasteiger partial charge in [0.2, 0.25) is 0 Å². The molecule has 0 aliphatic rings. The second-order valence-electron chi connectivity index (χ2n) is 6.60. The van der Waals surface area contributed by atoms with Crippen LogP contribution < -0.4 is 10.1 Å². The van der Waals surface area contributed by atoms with Crippen molar-refractivity contribution in [3.8, 4) is 11.8 Å². The number of hydrogen-bond acceptors (Lipinski definition) is 3. The minimum Gasteiger partial charge on any atom is -0.489 e. The first kappa shape index (κ1) is 21.4. The standard InChI is InChI=1S/C24H18Cl2N2O2/c1-16-2-4-18(5-3-16)15-30-21-9-6-17(7-10-21)12-19(14-27)24(29)28-20-8-11-22(25)23(26)13-20/h2-13H,15H2,1H3,(H,28,29)/b19-12+. The van der Waals surface area contributed by atoms with Crippen LogP contribution in [0.3, 0.4) is 0 Å². The number of nitriles is 1. The van der Waals surface area contributed by atoms with Gasteiger partial charge in [0.1, 0.15) is 24.0 Å². The molecule has 3 rings (SSSR count). The summed E-state index contributed by atoms with van der Waals surface area (Å²) in [5.41, 5.74) is 3.41. The van der Waals surface area contributed by atoms with Crippen LogP contribution in [0.4, 0.5) is 5.69 Å². The van der Waals surface area contributed by atoms with Crippen LogP contribution in [0, 0.1) is 18.3 Å². The van der Waals surface area contributed by atoms with E-state index in [1.165, 1.54) is 17.7 Å². The second kappa shape index (κ2) is 9.98. The molecule has 4 nitrogen and oxygen atoms in total. The van der Waals surface area contributed by atoms with E-state index in [4.69, 9.17) is 27.9 Å². The summed E-state index contributed by atoms with van der Waals surface area (Å²) < 4.78 is 5.78. The monoisotopic (exact) mass is 436 g/mol. The van der Waals surface area contributed by atoms with Crippen molar-refractivity contribution >= 4 is 40.9 Å². The summed E-state index contributed by atoms with van der Waals surface area (Å²) in [7, 11) is 0. The molecule has 3 aromatic carbocycles. The van der Waals surface area contributed by atoms with Crippen LogP contribution in [0.5, 0.6) is 5.75 Å². The van der Waals surface area contributed by atoms with E-state index in [1.54, 1.807) is 36.4 Å². The molecule has 1 amide bonds. The van der Waals surface area contributed by atoms with E-state index in [0.717, 1.165) is 5.56 Å². The number of rotatable bonds is 6. The number of halogens is 2. The van der Waals surface area contributed by atoms with Gasteiger partial charge in [-0.1, -0.05) is 65.2 Å². The van der Waals surface area contributed by atoms with Gasteiger partial charge in [0.25, 0.3) is 5.91 Å². The maximum Gasteiger partial charge on any atom is 0.266 e. The van der Waals surface area contributed by atoms with Crippen LogP contribution in [-0.4, -0.2) is 5.91 Å². The molecular weight excluding hydrogens is 419 g/mol. The fourth-order valence-electron chi connectivity index (χ4n) is 2.60. The van der Waals surface area contributed by atoms with Gasteiger partial charge in [-0.3, -0.25) is 4.79 Å². The van der Waals surface area contributed by atoms with Crippen LogP contribution in [0.1, 0.15) is 16.7 Å². The molecule has 6 heteroatoms. The molecule has 0 unspecified atom stereocenters.